The highest BCUT2D eigenvalue weighted by molar-refractivity contribution is 5.74. The van der Waals surface area contributed by atoms with Gasteiger partial charge in [0.1, 0.15) is 5.75 Å². The van der Waals surface area contributed by atoms with Crippen molar-refractivity contribution in [2.75, 3.05) is 7.11 Å². The Morgan fingerprint density at radius 1 is 1.24 bits per heavy atom. The van der Waals surface area contributed by atoms with E-state index in [2.05, 4.69) is 18.8 Å². The fourth-order valence-corrected chi connectivity index (χ4v) is 1.61. The summed E-state index contributed by atoms with van der Waals surface area (Å²) in [5.41, 5.74) is 1.36. The number of carbonyl (C=O) groups is 1. The minimum absolute atomic E-state index is 0.136. The van der Waals surface area contributed by atoms with Gasteiger partial charge in [0.2, 0.25) is 0 Å². The lowest BCUT2D eigenvalue weighted by Crippen LogP contribution is -1.94. The molecule has 0 fully saturated rings. The second-order valence-corrected chi connectivity index (χ2v) is 4.50. The molecule has 2 aromatic rings. The van der Waals surface area contributed by atoms with Crippen molar-refractivity contribution < 1.29 is 19.0 Å². The first-order valence-electron chi connectivity index (χ1n) is 6.43. The Morgan fingerprint density at radius 2 is 1.86 bits per heavy atom. The number of aldehydes is 1. The fraction of sp³-hybridized carbons (Fsp3) is 0.250. The van der Waals surface area contributed by atoms with E-state index >= 15 is 0 Å². The normalized spacial score (nSPS) is 9.81. The molecule has 0 aliphatic carbocycles. The van der Waals surface area contributed by atoms with Gasteiger partial charge in [-0.25, -0.2) is 9.37 Å². The number of hydrogen-bond donors (Lipinski definition) is 1. The zero-order valence-electron chi connectivity index (χ0n) is 12.2. The summed E-state index contributed by atoms with van der Waals surface area (Å²) in [5.74, 6) is 0.144. The van der Waals surface area contributed by atoms with Crippen LogP contribution in [0.3, 0.4) is 0 Å². The third-order valence-electron chi connectivity index (χ3n) is 2.73. The van der Waals surface area contributed by atoms with Crippen molar-refractivity contribution in [3.63, 3.8) is 0 Å². The van der Waals surface area contributed by atoms with Crippen LogP contribution in [-0.4, -0.2) is 23.5 Å². The molecule has 5 heteroatoms. The van der Waals surface area contributed by atoms with Crippen LogP contribution in [0, 0.1) is 5.82 Å². The standard InChI is InChI=1S/C15H14FNO2.CH4O/c1-10(2)12-3-5-13(6-4-12)19-15-14(16)7-11(9-18)8-17-15;1-2/h3-10H,1-2H3;2H,1H3. The molecule has 0 aliphatic heterocycles. The Bertz CT molecular complexity index is 583. The molecule has 0 spiro atoms. The van der Waals surface area contributed by atoms with Crippen molar-refractivity contribution in [3.8, 4) is 11.6 Å². The predicted molar refractivity (Wildman–Crippen MR) is 78.3 cm³/mol. The summed E-state index contributed by atoms with van der Waals surface area (Å²) in [5, 5.41) is 7.00. The van der Waals surface area contributed by atoms with E-state index < -0.39 is 5.82 Å². The molecule has 1 aromatic heterocycles. The molecule has 4 nitrogen and oxygen atoms in total. The number of aliphatic hydroxyl groups excluding tert-OH is 1. The van der Waals surface area contributed by atoms with Crippen LogP contribution < -0.4 is 4.74 Å². The number of rotatable bonds is 4. The van der Waals surface area contributed by atoms with Gasteiger partial charge in [0.15, 0.2) is 12.1 Å². The maximum atomic E-state index is 13.6. The lowest BCUT2D eigenvalue weighted by molar-refractivity contribution is 0.112. The molecule has 112 valence electrons. The van der Waals surface area contributed by atoms with Gasteiger partial charge in [-0.15, -0.1) is 0 Å². The molecular weight excluding hydrogens is 273 g/mol. The summed E-state index contributed by atoms with van der Waals surface area (Å²) in [6.45, 7) is 4.18. The second-order valence-electron chi connectivity index (χ2n) is 4.50. The van der Waals surface area contributed by atoms with E-state index in [-0.39, 0.29) is 11.4 Å². The van der Waals surface area contributed by atoms with Crippen LogP contribution in [0.15, 0.2) is 36.5 Å². The van der Waals surface area contributed by atoms with Crippen molar-refractivity contribution in [1.82, 2.24) is 4.98 Å². The van der Waals surface area contributed by atoms with Gasteiger partial charge >= 0.3 is 0 Å². The highest BCUT2D eigenvalue weighted by Gasteiger charge is 2.08. The molecule has 0 aliphatic rings. The van der Waals surface area contributed by atoms with Crippen LogP contribution >= 0.6 is 0 Å². The Balaban J connectivity index is 0.00000106. The molecule has 1 aromatic carbocycles. The molecule has 2 rings (SSSR count). The average Bonchev–Trinajstić information content (AvgIpc) is 2.51. The molecule has 0 saturated carbocycles. The van der Waals surface area contributed by atoms with E-state index in [1.54, 1.807) is 12.1 Å². The van der Waals surface area contributed by atoms with Gasteiger partial charge in [-0.1, -0.05) is 26.0 Å². The maximum Gasteiger partial charge on any atom is 0.255 e. The fourth-order valence-electron chi connectivity index (χ4n) is 1.61. The Labute approximate surface area is 123 Å². The van der Waals surface area contributed by atoms with Gasteiger partial charge in [0.25, 0.3) is 5.88 Å². The van der Waals surface area contributed by atoms with E-state index in [9.17, 15) is 9.18 Å². The lowest BCUT2D eigenvalue weighted by Gasteiger charge is -2.08. The van der Waals surface area contributed by atoms with Crippen LogP contribution in [-0.2, 0) is 0 Å². The second kappa shape index (κ2) is 8.11. The smallest absolute Gasteiger partial charge is 0.255 e. The molecule has 0 amide bonds. The Kier molecular flexibility index (Phi) is 6.49. The number of hydrogen-bond acceptors (Lipinski definition) is 4. The third-order valence-corrected chi connectivity index (χ3v) is 2.73. The third kappa shape index (κ3) is 4.65. The summed E-state index contributed by atoms with van der Waals surface area (Å²) in [7, 11) is 1.00. The van der Waals surface area contributed by atoms with Gasteiger partial charge in [-0.2, -0.15) is 0 Å². The van der Waals surface area contributed by atoms with E-state index in [0.29, 0.717) is 18.0 Å². The van der Waals surface area contributed by atoms with E-state index in [4.69, 9.17) is 9.84 Å². The first-order chi connectivity index (χ1) is 10.1. The number of nitrogens with zero attached hydrogens (tertiary/aromatic N) is 1. The molecule has 21 heavy (non-hydrogen) atoms. The maximum absolute atomic E-state index is 13.6. The van der Waals surface area contributed by atoms with Gasteiger partial charge in [-0.3, -0.25) is 4.79 Å². The van der Waals surface area contributed by atoms with Crippen molar-refractivity contribution in [1.29, 1.82) is 0 Å². The molecule has 0 unspecified atom stereocenters. The van der Waals surface area contributed by atoms with Crippen LogP contribution in [0.2, 0.25) is 0 Å². The number of halogens is 1. The minimum atomic E-state index is -0.655. The van der Waals surface area contributed by atoms with Crippen molar-refractivity contribution >= 4 is 6.29 Å². The summed E-state index contributed by atoms with van der Waals surface area (Å²) in [6, 6.07) is 8.49. The largest absolute Gasteiger partial charge is 0.436 e. The predicted octanol–water partition coefficient (Wildman–Crippen LogP) is 3.56. The molecule has 1 heterocycles. The SMILES string of the molecule is CC(C)c1ccc(Oc2ncc(C=O)cc2F)cc1.CO. The number of ether oxygens (including phenoxy) is 1. The summed E-state index contributed by atoms with van der Waals surface area (Å²) in [6.07, 6.45) is 1.81. The van der Waals surface area contributed by atoms with Gasteiger partial charge in [-0.05, 0) is 29.7 Å². The molecular formula is C16H18FNO3. The summed E-state index contributed by atoms with van der Waals surface area (Å²) in [4.78, 5) is 14.3. The topological polar surface area (TPSA) is 59.4 Å². The van der Waals surface area contributed by atoms with E-state index in [1.165, 1.54) is 11.8 Å². The Morgan fingerprint density at radius 3 is 2.33 bits per heavy atom. The minimum Gasteiger partial charge on any atom is -0.436 e. The molecule has 0 radical (unpaired) electrons. The number of pyridine rings is 1. The lowest BCUT2D eigenvalue weighted by atomic mass is 10.0. The van der Waals surface area contributed by atoms with Crippen molar-refractivity contribution in [2.24, 2.45) is 0 Å². The molecule has 1 N–H and O–H groups in total. The average molecular weight is 291 g/mol. The van der Waals surface area contributed by atoms with Gasteiger partial charge in [0, 0.05) is 18.9 Å². The zero-order valence-corrected chi connectivity index (χ0v) is 12.2. The highest BCUT2D eigenvalue weighted by Crippen LogP contribution is 2.24. The number of carbonyl (C=O) groups excluding carboxylic acids is 1. The molecule has 0 bridgehead atoms. The number of aromatic nitrogens is 1. The van der Waals surface area contributed by atoms with Crippen LogP contribution in [0.25, 0.3) is 0 Å². The molecule has 0 atom stereocenters. The summed E-state index contributed by atoms with van der Waals surface area (Å²) >= 11 is 0. The van der Waals surface area contributed by atoms with Gasteiger partial charge in [0.05, 0.1) is 0 Å². The van der Waals surface area contributed by atoms with E-state index in [0.717, 1.165) is 13.2 Å². The van der Waals surface area contributed by atoms with Crippen LogP contribution in [0.1, 0.15) is 35.7 Å². The first kappa shape index (κ1) is 16.8. The monoisotopic (exact) mass is 291 g/mol. The summed E-state index contributed by atoms with van der Waals surface area (Å²) < 4.78 is 18.9. The highest BCUT2D eigenvalue weighted by atomic mass is 19.1. The zero-order chi connectivity index (χ0) is 15.8. The van der Waals surface area contributed by atoms with Crippen molar-refractivity contribution in [2.45, 2.75) is 19.8 Å². The van der Waals surface area contributed by atoms with Crippen molar-refractivity contribution in [3.05, 3.63) is 53.5 Å². The first-order valence-corrected chi connectivity index (χ1v) is 6.43. The Hall–Kier alpha value is -2.27. The number of aliphatic hydroxyl groups is 1. The molecule has 0 saturated heterocycles. The van der Waals surface area contributed by atoms with Crippen LogP contribution in [0.5, 0.6) is 11.6 Å². The van der Waals surface area contributed by atoms with Crippen LogP contribution in [0.4, 0.5) is 4.39 Å². The number of benzene rings is 1. The quantitative estimate of drug-likeness (QED) is 0.875. The van der Waals surface area contributed by atoms with Gasteiger partial charge < -0.3 is 9.84 Å². The van der Waals surface area contributed by atoms with E-state index in [1.807, 2.05) is 12.1 Å².